The zero-order valence-corrected chi connectivity index (χ0v) is 11.1. The summed E-state index contributed by atoms with van der Waals surface area (Å²) < 4.78 is 5.93. The Hall–Kier alpha value is -0.670. The van der Waals surface area contributed by atoms with Crippen LogP contribution in [-0.2, 0) is 16.1 Å². The number of hydrogen-bond acceptors (Lipinski definition) is 2. The molecule has 2 fully saturated rings. The summed E-state index contributed by atoms with van der Waals surface area (Å²) >= 11 is 3.69. The van der Waals surface area contributed by atoms with Crippen molar-refractivity contribution in [3.63, 3.8) is 0 Å². The number of carbonyl (C=O) groups is 1. The normalized spacial score (nSPS) is 35.5. The van der Waals surface area contributed by atoms with Crippen LogP contribution in [0.5, 0.6) is 0 Å². The second-order valence-corrected chi connectivity index (χ2v) is 6.01. The van der Waals surface area contributed by atoms with Gasteiger partial charge in [-0.3, -0.25) is 4.79 Å². The van der Waals surface area contributed by atoms with E-state index in [1.54, 1.807) is 0 Å². The van der Waals surface area contributed by atoms with Crippen molar-refractivity contribution in [1.29, 1.82) is 0 Å². The topological polar surface area (TPSA) is 26.3 Å². The molecule has 4 unspecified atom stereocenters. The molecule has 17 heavy (non-hydrogen) atoms. The molecule has 1 aromatic rings. The Morgan fingerprint density at radius 2 is 2.06 bits per heavy atom. The van der Waals surface area contributed by atoms with Crippen LogP contribution in [-0.4, -0.2) is 16.7 Å². The maximum Gasteiger partial charge on any atom is 0.136 e. The summed E-state index contributed by atoms with van der Waals surface area (Å²) in [6.07, 6.45) is 1.83. The number of carbonyl (C=O) groups excluding carboxylic acids is 1. The Kier molecular flexibility index (Phi) is 3.05. The highest BCUT2D eigenvalue weighted by molar-refractivity contribution is 9.09. The molecule has 0 heterocycles. The first-order valence-corrected chi connectivity index (χ1v) is 6.99. The van der Waals surface area contributed by atoms with Gasteiger partial charge in [-0.25, -0.2) is 0 Å². The minimum atomic E-state index is 0.191. The summed E-state index contributed by atoms with van der Waals surface area (Å²) in [5.74, 6) is 1.20. The fourth-order valence-corrected chi connectivity index (χ4v) is 3.76. The summed E-state index contributed by atoms with van der Waals surface area (Å²) in [6.45, 7) is 0.640. The van der Waals surface area contributed by atoms with E-state index >= 15 is 0 Å². The molecule has 1 aromatic carbocycles. The lowest BCUT2D eigenvalue weighted by Crippen LogP contribution is -2.36. The minimum Gasteiger partial charge on any atom is -0.372 e. The van der Waals surface area contributed by atoms with E-state index in [2.05, 4.69) is 28.1 Å². The van der Waals surface area contributed by atoms with Crippen LogP contribution in [0.4, 0.5) is 0 Å². The van der Waals surface area contributed by atoms with Crippen LogP contribution in [0.1, 0.15) is 18.4 Å². The first-order valence-electron chi connectivity index (χ1n) is 6.08. The molecule has 90 valence electrons. The highest BCUT2D eigenvalue weighted by Gasteiger charge is 2.52. The smallest absolute Gasteiger partial charge is 0.136 e. The second-order valence-electron chi connectivity index (χ2n) is 4.96. The van der Waals surface area contributed by atoms with Crippen molar-refractivity contribution in [3.05, 3.63) is 35.9 Å². The van der Waals surface area contributed by atoms with Gasteiger partial charge in [-0.1, -0.05) is 46.3 Å². The van der Waals surface area contributed by atoms with Gasteiger partial charge in [0.1, 0.15) is 5.78 Å². The van der Waals surface area contributed by atoms with E-state index in [9.17, 15) is 4.79 Å². The molecular weight excluding hydrogens is 280 g/mol. The van der Waals surface area contributed by atoms with Crippen LogP contribution in [0, 0.1) is 11.8 Å². The van der Waals surface area contributed by atoms with Gasteiger partial charge < -0.3 is 4.74 Å². The van der Waals surface area contributed by atoms with Crippen molar-refractivity contribution in [1.82, 2.24) is 0 Å². The number of halogens is 1. The molecule has 0 radical (unpaired) electrons. The Morgan fingerprint density at radius 1 is 1.29 bits per heavy atom. The van der Waals surface area contributed by atoms with Gasteiger partial charge in [-0.05, 0) is 17.9 Å². The number of hydrogen-bond donors (Lipinski definition) is 0. The van der Waals surface area contributed by atoms with Gasteiger partial charge in [-0.15, -0.1) is 0 Å². The fraction of sp³-hybridized carbons (Fsp3) is 0.500. The molecule has 0 bridgehead atoms. The minimum absolute atomic E-state index is 0.191. The number of alkyl halides is 1. The standard InChI is InChI=1S/C14H15BrO2/c15-14-11-6-12(16)10(11)7-13(14)17-8-9-4-2-1-3-5-9/h1-5,10-11,13-14H,6-8H2. The predicted molar refractivity (Wildman–Crippen MR) is 69.0 cm³/mol. The molecule has 2 aliphatic rings. The Bertz CT molecular complexity index is 417. The Morgan fingerprint density at radius 3 is 2.71 bits per heavy atom. The van der Waals surface area contributed by atoms with Crippen molar-refractivity contribution in [2.75, 3.05) is 0 Å². The first-order chi connectivity index (χ1) is 8.25. The third-order valence-electron chi connectivity index (χ3n) is 3.92. The number of Topliss-reactive ketones (excluding diaryl/α,β-unsaturated/α-hetero) is 1. The maximum atomic E-state index is 11.4. The van der Waals surface area contributed by atoms with Gasteiger partial charge in [-0.2, -0.15) is 0 Å². The average molecular weight is 295 g/mol. The van der Waals surface area contributed by atoms with E-state index < -0.39 is 0 Å². The number of fused-ring (bicyclic) bond motifs is 1. The molecule has 0 N–H and O–H groups in total. The lowest BCUT2D eigenvalue weighted by Gasteiger charge is -2.29. The molecule has 2 saturated carbocycles. The van der Waals surface area contributed by atoms with Crippen LogP contribution in [0.15, 0.2) is 30.3 Å². The van der Waals surface area contributed by atoms with E-state index in [1.807, 2.05) is 18.2 Å². The molecule has 2 nitrogen and oxygen atoms in total. The van der Waals surface area contributed by atoms with Gasteiger partial charge in [0.15, 0.2) is 0 Å². The second kappa shape index (κ2) is 4.54. The predicted octanol–water partition coefficient (Wildman–Crippen LogP) is 2.94. The van der Waals surface area contributed by atoms with Gasteiger partial charge >= 0.3 is 0 Å². The van der Waals surface area contributed by atoms with Crippen molar-refractivity contribution in [2.24, 2.45) is 11.8 Å². The molecule has 0 aromatic heterocycles. The lowest BCUT2D eigenvalue weighted by molar-refractivity contribution is -0.132. The highest BCUT2D eigenvalue weighted by atomic mass is 79.9. The third kappa shape index (κ3) is 2.06. The average Bonchev–Trinajstić information content (AvgIpc) is 2.60. The number of benzene rings is 1. The van der Waals surface area contributed by atoms with Crippen LogP contribution in [0.2, 0.25) is 0 Å². The van der Waals surface area contributed by atoms with Crippen LogP contribution < -0.4 is 0 Å². The molecule has 3 heteroatoms. The highest BCUT2D eigenvalue weighted by Crippen LogP contribution is 2.48. The van der Waals surface area contributed by atoms with Crippen molar-refractivity contribution >= 4 is 21.7 Å². The number of ether oxygens (including phenoxy) is 1. The molecular formula is C14H15BrO2. The van der Waals surface area contributed by atoms with Crippen LogP contribution in [0.25, 0.3) is 0 Å². The molecule has 2 aliphatic carbocycles. The van der Waals surface area contributed by atoms with E-state index in [0.29, 0.717) is 23.1 Å². The van der Waals surface area contributed by atoms with Crippen molar-refractivity contribution in [3.8, 4) is 0 Å². The van der Waals surface area contributed by atoms with Crippen LogP contribution in [0.3, 0.4) is 0 Å². The molecule has 0 saturated heterocycles. The number of rotatable bonds is 3. The van der Waals surface area contributed by atoms with Gasteiger partial charge in [0.05, 0.1) is 12.7 Å². The Balaban J connectivity index is 1.58. The van der Waals surface area contributed by atoms with E-state index in [1.165, 1.54) is 5.56 Å². The Labute approximate surface area is 109 Å². The van der Waals surface area contributed by atoms with Gasteiger partial charge in [0, 0.05) is 17.2 Å². The van der Waals surface area contributed by atoms with Gasteiger partial charge in [0.25, 0.3) is 0 Å². The monoisotopic (exact) mass is 294 g/mol. The molecule has 0 amide bonds. The largest absolute Gasteiger partial charge is 0.372 e. The van der Waals surface area contributed by atoms with E-state index in [0.717, 1.165) is 12.8 Å². The molecule has 0 aliphatic heterocycles. The molecule has 3 rings (SSSR count). The summed E-state index contributed by atoms with van der Waals surface area (Å²) in [7, 11) is 0. The van der Waals surface area contributed by atoms with Crippen molar-refractivity contribution in [2.45, 2.75) is 30.4 Å². The first kappa shape index (κ1) is 11.4. The summed E-state index contributed by atoms with van der Waals surface area (Å²) in [5, 5.41) is 0. The van der Waals surface area contributed by atoms with Gasteiger partial charge in [0.2, 0.25) is 0 Å². The SMILES string of the molecule is O=C1CC2C1CC(OCc1ccccc1)C2Br. The summed E-state index contributed by atoms with van der Waals surface area (Å²) in [6, 6.07) is 10.2. The lowest BCUT2D eigenvalue weighted by atomic mass is 9.75. The summed E-state index contributed by atoms with van der Waals surface area (Å²) in [4.78, 5) is 11.8. The van der Waals surface area contributed by atoms with Crippen LogP contribution >= 0.6 is 15.9 Å². The molecule has 0 spiro atoms. The molecule has 4 atom stereocenters. The fourth-order valence-electron chi connectivity index (χ4n) is 2.84. The summed E-state index contributed by atoms with van der Waals surface area (Å²) in [5.41, 5.74) is 1.19. The zero-order valence-electron chi connectivity index (χ0n) is 9.51. The third-order valence-corrected chi connectivity index (χ3v) is 5.19. The van der Waals surface area contributed by atoms with Crippen molar-refractivity contribution < 1.29 is 9.53 Å². The van der Waals surface area contributed by atoms with E-state index in [4.69, 9.17) is 4.74 Å². The zero-order chi connectivity index (χ0) is 11.8. The quantitative estimate of drug-likeness (QED) is 0.801. The van der Waals surface area contributed by atoms with E-state index in [-0.39, 0.29) is 12.0 Å². The maximum absolute atomic E-state index is 11.4. The number of ketones is 1.